The smallest absolute Gasteiger partial charge is 0.285 e. The van der Waals surface area contributed by atoms with Gasteiger partial charge in [-0.3, -0.25) is 4.79 Å². The predicted molar refractivity (Wildman–Crippen MR) is 74.5 cm³/mol. The van der Waals surface area contributed by atoms with Gasteiger partial charge in [-0.2, -0.15) is 0 Å². The van der Waals surface area contributed by atoms with Crippen molar-refractivity contribution in [3.05, 3.63) is 21.3 Å². The Kier molecular flexibility index (Phi) is 4.17. The normalized spacial score (nSPS) is 15.0. The maximum atomic E-state index is 12.2. The molecule has 0 saturated heterocycles. The van der Waals surface area contributed by atoms with Gasteiger partial charge in [0.05, 0.1) is 0 Å². The van der Waals surface area contributed by atoms with Crippen molar-refractivity contribution in [3.63, 3.8) is 0 Å². The molecule has 1 aromatic rings. The standard InChI is InChI=1S/C13H16N4OS/c1-4-6-14-11-5-7-17(8-9(11)2)13(18)12-16-15-10(3)19-12/h14H,5,7-8H2,1-3H3. The van der Waals surface area contributed by atoms with Gasteiger partial charge in [-0.25, -0.2) is 0 Å². The van der Waals surface area contributed by atoms with Crippen LogP contribution >= 0.6 is 11.3 Å². The van der Waals surface area contributed by atoms with Crippen molar-refractivity contribution >= 4 is 17.2 Å². The summed E-state index contributed by atoms with van der Waals surface area (Å²) in [5.74, 6) is 2.77. The highest BCUT2D eigenvalue weighted by atomic mass is 32.1. The highest BCUT2D eigenvalue weighted by Crippen LogP contribution is 2.19. The van der Waals surface area contributed by atoms with E-state index in [9.17, 15) is 4.79 Å². The number of hydrogen-bond acceptors (Lipinski definition) is 5. The van der Waals surface area contributed by atoms with E-state index in [2.05, 4.69) is 27.5 Å². The van der Waals surface area contributed by atoms with Crippen LogP contribution in [-0.4, -0.2) is 34.1 Å². The van der Waals surface area contributed by atoms with Crippen LogP contribution in [0.3, 0.4) is 0 Å². The molecular weight excluding hydrogens is 260 g/mol. The molecule has 0 fully saturated rings. The van der Waals surface area contributed by atoms with Crippen molar-refractivity contribution in [2.24, 2.45) is 0 Å². The van der Waals surface area contributed by atoms with Gasteiger partial charge in [0.15, 0.2) is 0 Å². The van der Waals surface area contributed by atoms with Gasteiger partial charge in [-0.15, -0.1) is 10.2 Å². The van der Waals surface area contributed by atoms with E-state index in [1.54, 1.807) is 11.8 Å². The molecule has 0 radical (unpaired) electrons. The lowest BCUT2D eigenvalue weighted by atomic mass is 10.1. The van der Waals surface area contributed by atoms with Crippen LogP contribution in [0, 0.1) is 18.9 Å². The predicted octanol–water partition coefficient (Wildman–Crippen LogP) is 1.54. The molecule has 0 spiro atoms. The highest BCUT2D eigenvalue weighted by Gasteiger charge is 2.24. The fraction of sp³-hybridized carbons (Fsp3) is 0.462. The number of amides is 1. The maximum Gasteiger partial charge on any atom is 0.285 e. The van der Waals surface area contributed by atoms with Crippen LogP contribution in [0.2, 0.25) is 0 Å². The molecular formula is C13H16N4OS. The van der Waals surface area contributed by atoms with Gasteiger partial charge in [-0.05, 0) is 26.3 Å². The molecule has 0 aromatic carbocycles. The average Bonchev–Trinajstić information content (AvgIpc) is 2.83. The first-order chi connectivity index (χ1) is 9.11. The van der Waals surface area contributed by atoms with Crippen molar-refractivity contribution < 1.29 is 4.79 Å². The molecule has 2 heterocycles. The second-order valence-electron chi connectivity index (χ2n) is 4.36. The number of hydrogen-bond donors (Lipinski definition) is 1. The van der Waals surface area contributed by atoms with Gasteiger partial charge < -0.3 is 10.2 Å². The van der Waals surface area contributed by atoms with Gasteiger partial charge in [0.1, 0.15) is 5.01 Å². The summed E-state index contributed by atoms with van der Waals surface area (Å²) in [6.07, 6.45) is 0.796. The minimum Gasteiger partial charge on any atom is -0.332 e. The van der Waals surface area contributed by atoms with E-state index in [0.717, 1.165) is 22.7 Å². The van der Waals surface area contributed by atoms with Crippen LogP contribution in [0.5, 0.6) is 0 Å². The Balaban J connectivity index is 2.07. The van der Waals surface area contributed by atoms with Crippen molar-refractivity contribution in [2.45, 2.75) is 27.2 Å². The largest absolute Gasteiger partial charge is 0.332 e. The maximum absolute atomic E-state index is 12.2. The van der Waals surface area contributed by atoms with Crippen LogP contribution in [-0.2, 0) is 0 Å². The summed E-state index contributed by atoms with van der Waals surface area (Å²) in [6.45, 7) is 6.96. The van der Waals surface area contributed by atoms with E-state index in [1.165, 1.54) is 11.3 Å². The van der Waals surface area contributed by atoms with Crippen molar-refractivity contribution in [3.8, 4) is 12.0 Å². The van der Waals surface area contributed by atoms with Crippen LogP contribution in [0.15, 0.2) is 11.3 Å². The minimum atomic E-state index is -0.0365. The van der Waals surface area contributed by atoms with Gasteiger partial charge in [0.2, 0.25) is 5.01 Å². The Morgan fingerprint density at radius 2 is 2.21 bits per heavy atom. The molecule has 0 unspecified atom stereocenters. The van der Waals surface area contributed by atoms with Crippen molar-refractivity contribution in [2.75, 3.05) is 13.1 Å². The van der Waals surface area contributed by atoms with Crippen molar-refractivity contribution in [1.29, 1.82) is 0 Å². The molecule has 0 saturated carbocycles. The van der Waals surface area contributed by atoms with Gasteiger partial charge >= 0.3 is 0 Å². The second-order valence-corrected chi connectivity index (χ2v) is 5.54. The fourth-order valence-electron chi connectivity index (χ4n) is 1.92. The number of rotatable bonds is 2. The molecule has 1 amide bonds. The van der Waals surface area contributed by atoms with E-state index in [4.69, 9.17) is 0 Å². The summed E-state index contributed by atoms with van der Waals surface area (Å²) >= 11 is 1.34. The molecule has 1 N–H and O–H groups in total. The zero-order chi connectivity index (χ0) is 13.8. The number of nitrogens with one attached hydrogen (secondary N) is 1. The van der Waals surface area contributed by atoms with Crippen LogP contribution in [0.25, 0.3) is 0 Å². The van der Waals surface area contributed by atoms with E-state index in [-0.39, 0.29) is 5.91 Å². The average molecular weight is 276 g/mol. The molecule has 100 valence electrons. The summed E-state index contributed by atoms with van der Waals surface area (Å²) < 4.78 is 0. The molecule has 1 aliphatic rings. The summed E-state index contributed by atoms with van der Waals surface area (Å²) in [4.78, 5) is 14.0. The lowest BCUT2D eigenvalue weighted by Gasteiger charge is -2.28. The van der Waals surface area contributed by atoms with Gasteiger partial charge in [0.25, 0.3) is 5.91 Å². The Labute approximate surface area is 116 Å². The minimum absolute atomic E-state index is 0.0365. The first-order valence-electron chi connectivity index (χ1n) is 6.07. The monoisotopic (exact) mass is 276 g/mol. The lowest BCUT2D eigenvalue weighted by Crippen LogP contribution is -2.38. The van der Waals surface area contributed by atoms with Gasteiger partial charge in [-0.1, -0.05) is 17.3 Å². The summed E-state index contributed by atoms with van der Waals surface area (Å²) in [6, 6.07) is 2.85. The zero-order valence-corrected chi connectivity index (χ0v) is 12.1. The summed E-state index contributed by atoms with van der Waals surface area (Å²) in [5.41, 5.74) is 2.26. The zero-order valence-electron chi connectivity index (χ0n) is 11.3. The highest BCUT2D eigenvalue weighted by molar-refractivity contribution is 7.13. The number of aromatic nitrogens is 2. The molecule has 2 rings (SSSR count). The third kappa shape index (κ3) is 3.12. The molecule has 0 atom stereocenters. The third-order valence-electron chi connectivity index (χ3n) is 2.91. The molecule has 0 aliphatic carbocycles. The van der Waals surface area contributed by atoms with E-state index in [1.807, 2.05) is 13.8 Å². The quantitative estimate of drug-likeness (QED) is 0.657. The number of aryl methyl sites for hydroxylation is 1. The molecule has 1 aromatic heterocycles. The Morgan fingerprint density at radius 1 is 1.42 bits per heavy atom. The Morgan fingerprint density at radius 3 is 2.79 bits per heavy atom. The third-order valence-corrected chi connectivity index (χ3v) is 3.74. The van der Waals surface area contributed by atoms with E-state index < -0.39 is 0 Å². The van der Waals surface area contributed by atoms with Gasteiger partial charge in [0, 0.05) is 31.3 Å². The SMILES string of the molecule is CC#CNC1=C(C)CN(C(=O)c2nnc(C)s2)CC1. The van der Waals surface area contributed by atoms with Crippen LogP contribution in [0.1, 0.15) is 35.1 Å². The fourth-order valence-corrected chi connectivity index (χ4v) is 2.58. The topological polar surface area (TPSA) is 58.1 Å². The Bertz CT molecular complexity index is 579. The first-order valence-corrected chi connectivity index (χ1v) is 6.89. The first kappa shape index (κ1) is 13.6. The molecule has 5 nitrogen and oxygen atoms in total. The van der Waals surface area contributed by atoms with Crippen LogP contribution in [0.4, 0.5) is 0 Å². The van der Waals surface area contributed by atoms with Crippen molar-refractivity contribution in [1.82, 2.24) is 20.4 Å². The number of nitrogens with zero attached hydrogens (tertiary/aromatic N) is 3. The lowest BCUT2D eigenvalue weighted by molar-refractivity contribution is 0.0761. The summed E-state index contributed by atoms with van der Waals surface area (Å²) in [5, 5.41) is 12.2. The van der Waals surface area contributed by atoms with E-state index in [0.29, 0.717) is 18.1 Å². The molecule has 1 aliphatic heterocycles. The Hall–Kier alpha value is -1.87. The molecule has 0 bridgehead atoms. The number of carbonyl (C=O) groups excluding carboxylic acids is 1. The molecule has 19 heavy (non-hydrogen) atoms. The van der Waals surface area contributed by atoms with Crippen LogP contribution < -0.4 is 5.32 Å². The summed E-state index contributed by atoms with van der Waals surface area (Å²) in [7, 11) is 0. The van der Waals surface area contributed by atoms with E-state index >= 15 is 0 Å². The number of carbonyl (C=O) groups is 1. The second kappa shape index (κ2) is 5.85. The molecule has 6 heteroatoms.